The van der Waals surface area contributed by atoms with Crippen molar-refractivity contribution in [1.29, 1.82) is 0 Å². The van der Waals surface area contributed by atoms with Crippen molar-refractivity contribution in [1.82, 2.24) is 0 Å². The maximum atomic E-state index is 9.75. The van der Waals surface area contributed by atoms with Gasteiger partial charge in [-0.05, 0) is 48.5 Å². The van der Waals surface area contributed by atoms with Crippen molar-refractivity contribution in [3.8, 4) is 0 Å². The minimum atomic E-state index is -6.00. The van der Waals surface area contributed by atoms with Crippen molar-refractivity contribution >= 4 is 41.5 Å². The van der Waals surface area contributed by atoms with Crippen LogP contribution in [-0.2, 0) is 10.9 Å². The fraction of sp³-hybridized carbons (Fsp3) is 0. The summed E-state index contributed by atoms with van der Waals surface area (Å²) in [4.78, 5) is 6.84. The summed E-state index contributed by atoms with van der Waals surface area (Å²) in [7, 11) is -6.05. The molecule has 0 saturated carbocycles. The molecule has 26 heavy (non-hydrogen) atoms. The lowest BCUT2D eigenvalue weighted by Gasteiger charge is -2.18. The Morgan fingerprint density at radius 1 is 0.692 bits per heavy atom. The third kappa shape index (κ3) is 4.78. The molecular formula is C18H12BClF4S2. The van der Waals surface area contributed by atoms with E-state index < -0.39 is 7.25 Å². The lowest BCUT2D eigenvalue weighted by molar-refractivity contribution is 0.368. The first kappa shape index (κ1) is 19.2. The molecular weight excluding hydrogens is 403 g/mol. The SMILES string of the molecule is Clc1ccc([S+]2c3ccccc3Sc3ccccc32)cc1.F[B-](F)(F)F. The molecule has 0 fully saturated rings. The molecule has 3 aromatic rings. The van der Waals surface area contributed by atoms with Crippen LogP contribution in [0.1, 0.15) is 0 Å². The van der Waals surface area contributed by atoms with Gasteiger partial charge in [0.1, 0.15) is 10.9 Å². The molecule has 0 radical (unpaired) electrons. The minimum absolute atomic E-state index is 0.0457. The standard InChI is InChI=1S/C18H12ClS2.BF4/c19-13-9-11-14(12-10-13)21-17-7-3-1-5-15(17)20-16-6-2-4-8-18(16)21;2-1(3,4)5/h1-12H;/q+1;-1. The van der Waals surface area contributed by atoms with E-state index in [1.165, 1.54) is 24.5 Å². The van der Waals surface area contributed by atoms with Gasteiger partial charge >= 0.3 is 7.25 Å². The zero-order chi connectivity index (χ0) is 18.7. The molecule has 0 atom stereocenters. The van der Waals surface area contributed by atoms with Gasteiger partial charge in [0.25, 0.3) is 0 Å². The van der Waals surface area contributed by atoms with Crippen LogP contribution in [0.25, 0.3) is 0 Å². The van der Waals surface area contributed by atoms with Crippen molar-refractivity contribution in [3.05, 3.63) is 77.8 Å². The summed E-state index contributed by atoms with van der Waals surface area (Å²) in [6.45, 7) is 0. The van der Waals surface area contributed by atoms with Gasteiger partial charge in [0, 0.05) is 5.02 Å². The van der Waals surface area contributed by atoms with Crippen LogP contribution in [0.2, 0.25) is 5.02 Å². The van der Waals surface area contributed by atoms with Gasteiger partial charge in [-0.25, -0.2) is 0 Å². The van der Waals surface area contributed by atoms with Crippen molar-refractivity contribution in [3.63, 3.8) is 0 Å². The molecule has 0 N–H and O–H groups in total. The maximum absolute atomic E-state index is 9.75. The second kappa shape index (κ2) is 7.98. The summed E-state index contributed by atoms with van der Waals surface area (Å²) in [6, 6.07) is 25.7. The van der Waals surface area contributed by atoms with Gasteiger partial charge in [-0.2, -0.15) is 0 Å². The van der Waals surface area contributed by atoms with Crippen LogP contribution in [0.15, 0.2) is 97.3 Å². The van der Waals surface area contributed by atoms with Gasteiger partial charge in [0.15, 0.2) is 14.7 Å². The maximum Gasteiger partial charge on any atom is 0.673 e. The Kier molecular flexibility index (Phi) is 5.90. The van der Waals surface area contributed by atoms with Crippen LogP contribution in [0.5, 0.6) is 0 Å². The highest BCUT2D eigenvalue weighted by atomic mass is 35.5. The predicted octanol–water partition coefficient (Wildman–Crippen LogP) is 7.20. The zero-order valence-corrected chi connectivity index (χ0v) is 15.6. The first-order chi connectivity index (χ1) is 12.3. The molecule has 1 aliphatic heterocycles. The van der Waals surface area contributed by atoms with Crippen LogP contribution < -0.4 is 0 Å². The van der Waals surface area contributed by atoms with Gasteiger partial charge in [-0.3, -0.25) is 0 Å². The van der Waals surface area contributed by atoms with Crippen LogP contribution in [0, 0.1) is 0 Å². The average Bonchev–Trinajstić information content (AvgIpc) is 2.59. The quantitative estimate of drug-likeness (QED) is 0.180. The Balaban J connectivity index is 0.000000349. The average molecular weight is 415 g/mol. The van der Waals surface area contributed by atoms with E-state index in [1.54, 1.807) is 0 Å². The van der Waals surface area contributed by atoms with E-state index in [0.29, 0.717) is 0 Å². The van der Waals surface area contributed by atoms with E-state index in [-0.39, 0.29) is 10.9 Å². The molecule has 0 amide bonds. The third-order valence-electron chi connectivity index (χ3n) is 3.41. The number of halogens is 5. The lowest BCUT2D eigenvalue weighted by atomic mass is 10.3. The number of rotatable bonds is 1. The topological polar surface area (TPSA) is 0 Å². The zero-order valence-electron chi connectivity index (χ0n) is 13.2. The van der Waals surface area contributed by atoms with E-state index in [1.807, 2.05) is 23.9 Å². The summed E-state index contributed by atoms with van der Waals surface area (Å²) >= 11 is 7.91. The molecule has 0 bridgehead atoms. The van der Waals surface area contributed by atoms with Gasteiger partial charge in [-0.15, -0.1) is 0 Å². The summed E-state index contributed by atoms with van der Waals surface area (Å²) in [6.07, 6.45) is 0. The van der Waals surface area contributed by atoms with E-state index in [0.717, 1.165) is 5.02 Å². The summed E-state index contributed by atoms with van der Waals surface area (Å²) in [5.74, 6) is 0. The molecule has 0 saturated heterocycles. The molecule has 0 nitrogen and oxygen atoms in total. The van der Waals surface area contributed by atoms with Gasteiger partial charge in [-0.1, -0.05) is 47.6 Å². The smallest absolute Gasteiger partial charge is 0.418 e. The molecule has 3 aromatic carbocycles. The Hall–Kier alpha value is -1.57. The van der Waals surface area contributed by atoms with E-state index >= 15 is 0 Å². The van der Waals surface area contributed by atoms with Crippen molar-refractivity contribution < 1.29 is 17.3 Å². The van der Waals surface area contributed by atoms with Crippen LogP contribution in [-0.4, -0.2) is 7.25 Å². The Bertz CT molecular complexity index is 849. The molecule has 134 valence electrons. The van der Waals surface area contributed by atoms with Gasteiger partial charge < -0.3 is 17.3 Å². The minimum Gasteiger partial charge on any atom is -0.418 e. The molecule has 1 aliphatic rings. The largest absolute Gasteiger partial charge is 0.673 e. The highest BCUT2D eigenvalue weighted by Gasteiger charge is 2.37. The summed E-state index contributed by atoms with van der Waals surface area (Å²) < 4.78 is 39.0. The first-order valence-electron chi connectivity index (χ1n) is 7.56. The van der Waals surface area contributed by atoms with Crippen molar-refractivity contribution in [2.24, 2.45) is 0 Å². The molecule has 1 heterocycles. The van der Waals surface area contributed by atoms with E-state index in [2.05, 4.69) is 60.7 Å². The van der Waals surface area contributed by atoms with Crippen LogP contribution in [0.4, 0.5) is 17.3 Å². The van der Waals surface area contributed by atoms with Crippen molar-refractivity contribution in [2.75, 3.05) is 0 Å². The fourth-order valence-corrected chi connectivity index (χ4v) is 6.33. The summed E-state index contributed by atoms with van der Waals surface area (Å²) in [5.41, 5.74) is 0. The second-order valence-electron chi connectivity index (χ2n) is 5.25. The Labute approximate surface area is 161 Å². The van der Waals surface area contributed by atoms with Crippen LogP contribution >= 0.6 is 23.4 Å². The Morgan fingerprint density at radius 3 is 1.58 bits per heavy atom. The molecule has 0 spiro atoms. The van der Waals surface area contributed by atoms with Crippen molar-refractivity contribution in [2.45, 2.75) is 24.5 Å². The third-order valence-corrected chi connectivity index (χ3v) is 7.40. The lowest BCUT2D eigenvalue weighted by Crippen LogP contribution is -2.10. The monoisotopic (exact) mass is 414 g/mol. The number of fused-ring (bicyclic) bond motifs is 2. The number of hydrogen-bond donors (Lipinski definition) is 0. The molecule has 0 unspecified atom stereocenters. The molecule has 4 rings (SSSR count). The van der Waals surface area contributed by atoms with Gasteiger partial charge in [0.05, 0.1) is 9.79 Å². The van der Waals surface area contributed by atoms with Crippen LogP contribution in [0.3, 0.4) is 0 Å². The van der Waals surface area contributed by atoms with Gasteiger partial charge in [0.2, 0.25) is 0 Å². The number of benzene rings is 3. The van der Waals surface area contributed by atoms with E-state index in [4.69, 9.17) is 11.6 Å². The highest BCUT2D eigenvalue weighted by molar-refractivity contribution is 8.04. The highest BCUT2D eigenvalue weighted by Crippen LogP contribution is 2.47. The predicted molar refractivity (Wildman–Crippen MR) is 101 cm³/mol. The second-order valence-corrected chi connectivity index (χ2v) is 8.73. The van der Waals surface area contributed by atoms with E-state index in [9.17, 15) is 17.3 Å². The first-order valence-corrected chi connectivity index (χ1v) is 9.98. The molecule has 8 heteroatoms. The molecule has 0 aliphatic carbocycles. The normalized spacial score (nSPS) is 13.3. The fourth-order valence-electron chi connectivity index (χ4n) is 2.47. The Morgan fingerprint density at radius 2 is 1.12 bits per heavy atom. The summed E-state index contributed by atoms with van der Waals surface area (Å²) in [5, 5.41) is 0.787. The molecule has 0 aromatic heterocycles. The number of hydrogen-bond acceptors (Lipinski definition) is 1.